The lowest BCUT2D eigenvalue weighted by Crippen LogP contribution is -2.21. The molecule has 0 bridgehead atoms. The van der Waals surface area contributed by atoms with E-state index in [9.17, 15) is 0 Å². The zero-order valence-corrected chi connectivity index (χ0v) is 12.9. The van der Waals surface area contributed by atoms with Gasteiger partial charge in [-0.3, -0.25) is 0 Å². The Hall–Kier alpha value is -0.870. The lowest BCUT2D eigenvalue weighted by atomic mass is 10.2. The topological polar surface area (TPSA) is 28.2 Å². The molecular formula is C15H25N3S. The van der Waals surface area contributed by atoms with Crippen LogP contribution in [0.25, 0.3) is 0 Å². The summed E-state index contributed by atoms with van der Waals surface area (Å²) in [7, 11) is 0. The molecule has 0 saturated carbocycles. The van der Waals surface area contributed by atoms with Crippen LogP contribution in [0.1, 0.15) is 44.4 Å². The minimum atomic E-state index is 0.951. The van der Waals surface area contributed by atoms with Gasteiger partial charge in [0.15, 0.2) is 5.13 Å². The molecule has 2 rings (SSSR count). The molecule has 1 aliphatic carbocycles. The van der Waals surface area contributed by atoms with Gasteiger partial charge in [0.1, 0.15) is 0 Å². The fourth-order valence-electron chi connectivity index (χ4n) is 2.44. The average Bonchev–Trinajstić information content (AvgIpc) is 3.08. The molecule has 1 aromatic rings. The fourth-order valence-corrected chi connectivity index (χ4v) is 3.45. The van der Waals surface area contributed by atoms with E-state index in [1.807, 2.05) is 17.5 Å². The highest BCUT2D eigenvalue weighted by Crippen LogP contribution is 2.22. The molecule has 0 radical (unpaired) electrons. The van der Waals surface area contributed by atoms with Gasteiger partial charge in [-0.25, -0.2) is 4.98 Å². The van der Waals surface area contributed by atoms with E-state index in [2.05, 4.69) is 35.1 Å². The summed E-state index contributed by atoms with van der Waals surface area (Å²) in [5.41, 5.74) is 1.64. The van der Waals surface area contributed by atoms with Crippen LogP contribution in [0.15, 0.2) is 17.8 Å². The lowest BCUT2D eigenvalue weighted by Gasteiger charge is -2.16. The van der Waals surface area contributed by atoms with E-state index in [0.717, 1.165) is 31.3 Å². The van der Waals surface area contributed by atoms with Gasteiger partial charge in [-0.1, -0.05) is 11.6 Å². The zero-order chi connectivity index (χ0) is 13.5. The van der Waals surface area contributed by atoms with Gasteiger partial charge in [-0.15, -0.1) is 11.3 Å². The summed E-state index contributed by atoms with van der Waals surface area (Å²) in [5, 5.41) is 4.68. The second-order valence-corrected chi connectivity index (χ2v) is 6.06. The molecule has 1 aliphatic rings. The molecule has 0 atom stereocenters. The Morgan fingerprint density at radius 1 is 1.37 bits per heavy atom. The van der Waals surface area contributed by atoms with Crippen molar-refractivity contribution in [1.82, 2.24) is 10.3 Å². The van der Waals surface area contributed by atoms with Crippen LogP contribution in [0, 0.1) is 0 Å². The van der Waals surface area contributed by atoms with Crippen LogP contribution >= 0.6 is 11.3 Å². The second kappa shape index (κ2) is 7.65. The molecule has 19 heavy (non-hydrogen) atoms. The van der Waals surface area contributed by atoms with Crippen molar-refractivity contribution in [3.8, 4) is 0 Å². The molecule has 0 amide bonds. The molecule has 1 heterocycles. The first-order chi connectivity index (χ1) is 9.33. The van der Waals surface area contributed by atoms with Crippen molar-refractivity contribution in [3.05, 3.63) is 22.7 Å². The largest absolute Gasteiger partial charge is 0.349 e. The monoisotopic (exact) mass is 279 g/mol. The molecule has 3 nitrogen and oxygen atoms in total. The zero-order valence-electron chi connectivity index (χ0n) is 12.1. The molecule has 0 spiro atoms. The van der Waals surface area contributed by atoms with Crippen LogP contribution in [0.4, 0.5) is 5.13 Å². The van der Waals surface area contributed by atoms with Crippen molar-refractivity contribution in [2.45, 2.75) is 46.1 Å². The molecule has 1 aromatic heterocycles. The van der Waals surface area contributed by atoms with Gasteiger partial charge in [-0.05, 0) is 46.1 Å². The summed E-state index contributed by atoms with van der Waals surface area (Å²) < 4.78 is 0. The predicted molar refractivity (Wildman–Crippen MR) is 83.9 cm³/mol. The van der Waals surface area contributed by atoms with E-state index in [0.29, 0.717) is 0 Å². The van der Waals surface area contributed by atoms with E-state index in [1.165, 1.54) is 30.6 Å². The Bertz CT molecular complexity index is 407. The maximum Gasteiger partial charge on any atom is 0.185 e. The first-order valence-electron chi connectivity index (χ1n) is 7.41. The van der Waals surface area contributed by atoms with E-state index >= 15 is 0 Å². The van der Waals surface area contributed by atoms with Gasteiger partial charge in [0.25, 0.3) is 0 Å². The maximum absolute atomic E-state index is 4.51. The van der Waals surface area contributed by atoms with Crippen LogP contribution < -0.4 is 10.2 Å². The molecule has 0 aromatic carbocycles. The van der Waals surface area contributed by atoms with E-state index < -0.39 is 0 Å². The number of nitrogens with one attached hydrogen (secondary N) is 1. The van der Waals surface area contributed by atoms with Crippen molar-refractivity contribution in [3.63, 3.8) is 0 Å². The van der Waals surface area contributed by atoms with Gasteiger partial charge in [0.05, 0.1) is 0 Å². The summed E-state index contributed by atoms with van der Waals surface area (Å²) >= 11 is 1.81. The van der Waals surface area contributed by atoms with Crippen molar-refractivity contribution in [2.75, 3.05) is 24.5 Å². The summed E-state index contributed by atoms with van der Waals surface area (Å²) in [4.78, 5) is 8.15. The van der Waals surface area contributed by atoms with Crippen LogP contribution in [-0.2, 0) is 6.54 Å². The first kappa shape index (κ1) is 14.5. The number of hydrogen-bond acceptors (Lipinski definition) is 4. The van der Waals surface area contributed by atoms with E-state index in [1.54, 1.807) is 5.57 Å². The Morgan fingerprint density at radius 3 is 2.89 bits per heavy atom. The number of nitrogens with zero attached hydrogens (tertiary/aromatic N) is 2. The minimum absolute atomic E-state index is 0.951. The van der Waals surface area contributed by atoms with Crippen LogP contribution in [0.5, 0.6) is 0 Å². The molecule has 0 fully saturated rings. The smallest absolute Gasteiger partial charge is 0.185 e. The molecule has 0 saturated heterocycles. The normalized spacial score (nSPS) is 14.7. The Labute approximate surface area is 120 Å². The van der Waals surface area contributed by atoms with Crippen LogP contribution in [0.2, 0.25) is 0 Å². The number of aromatic nitrogens is 1. The van der Waals surface area contributed by atoms with Gasteiger partial charge in [0, 0.05) is 30.7 Å². The van der Waals surface area contributed by atoms with E-state index in [4.69, 9.17) is 0 Å². The molecule has 4 heteroatoms. The summed E-state index contributed by atoms with van der Waals surface area (Å²) in [6.07, 6.45) is 9.60. The van der Waals surface area contributed by atoms with Gasteiger partial charge >= 0.3 is 0 Å². The standard InChI is InChI=1S/C15H25N3S/c1-3-18(4-2)15-17-12-14(19-15)11-16-10-9-13-7-5-6-8-13/h7,12,16H,3-6,8-11H2,1-2H3. The van der Waals surface area contributed by atoms with Crippen LogP contribution in [0.3, 0.4) is 0 Å². The number of anilines is 1. The summed E-state index contributed by atoms with van der Waals surface area (Å²) in [6.45, 7) is 8.46. The predicted octanol–water partition coefficient (Wildman–Crippen LogP) is 3.58. The summed E-state index contributed by atoms with van der Waals surface area (Å²) in [6, 6.07) is 0. The van der Waals surface area contributed by atoms with Gasteiger partial charge in [-0.2, -0.15) is 0 Å². The molecule has 0 unspecified atom stereocenters. The Balaban J connectivity index is 1.71. The SMILES string of the molecule is CCN(CC)c1ncc(CNCCC2=CCCC2)s1. The average molecular weight is 279 g/mol. The van der Waals surface area contributed by atoms with Crippen LogP contribution in [-0.4, -0.2) is 24.6 Å². The highest BCUT2D eigenvalue weighted by atomic mass is 32.1. The lowest BCUT2D eigenvalue weighted by molar-refractivity contribution is 0.681. The molecular weight excluding hydrogens is 254 g/mol. The van der Waals surface area contributed by atoms with Crippen molar-refractivity contribution < 1.29 is 0 Å². The highest BCUT2D eigenvalue weighted by molar-refractivity contribution is 7.15. The number of hydrogen-bond donors (Lipinski definition) is 1. The summed E-state index contributed by atoms with van der Waals surface area (Å²) in [5.74, 6) is 0. The van der Waals surface area contributed by atoms with Crippen molar-refractivity contribution in [1.29, 1.82) is 0 Å². The van der Waals surface area contributed by atoms with Gasteiger partial charge in [0.2, 0.25) is 0 Å². The number of allylic oxidation sites excluding steroid dienone is 1. The van der Waals surface area contributed by atoms with E-state index in [-0.39, 0.29) is 0 Å². The van der Waals surface area contributed by atoms with Crippen molar-refractivity contribution in [2.24, 2.45) is 0 Å². The third-order valence-electron chi connectivity index (χ3n) is 3.63. The molecule has 0 aliphatic heterocycles. The van der Waals surface area contributed by atoms with Crippen molar-refractivity contribution >= 4 is 16.5 Å². The Morgan fingerprint density at radius 2 is 2.21 bits per heavy atom. The minimum Gasteiger partial charge on any atom is -0.349 e. The first-order valence-corrected chi connectivity index (χ1v) is 8.23. The molecule has 1 N–H and O–H groups in total. The molecule has 106 valence electrons. The number of thiazole rings is 1. The maximum atomic E-state index is 4.51. The fraction of sp³-hybridized carbons (Fsp3) is 0.667. The quantitative estimate of drug-likeness (QED) is 0.582. The second-order valence-electron chi connectivity index (χ2n) is 4.96. The highest BCUT2D eigenvalue weighted by Gasteiger charge is 2.08. The van der Waals surface area contributed by atoms with Gasteiger partial charge < -0.3 is 10.2 Å². The third kappa shape index (κ3) is 4.32. The Kier molecular flexibility index (Phi) is 5.86. The third-order valence-corrected chi connectivity index (χ3v) is 4.69. The number of rotatable bonds is 8.